The average Bonchev–Trinajstić information content (AvgIpc) is 2.48. The zero-order chi connectivity index (χ0) is 14.4. The molecular formula is C17H20FNO. The molecule has 0 aliphatic rings. The van der Waals surface area contributed by atoms with Gasteiger partial charge in [-0.05, 0) is 38.1 Å². The van der Waals surface area contributed by atoms with Gasteiger partial charge in [-0.2, -0.15) is 0 Å². The summed E-state index contributed by atoms with van der Waals surface area (Å²) < 4.78 is 19.4. The third kappa shape index (κ3) is 3.36. The van der Waals surface area contributed by atoms with Gasteiger partial charge in [0, 0.05) is 11.6 Å². The Kier molecular flexibility index (Phi) is 5.13. The summed E-state index contributed by atoms with van der Waals surface area (Å²) in [6, 6.07) is 14.8. The number of hydrogen-bond donors (Lipinski definition) is 1. The van der Waals surface area contributed by atoms with Crippen LogP contribution >= 0.6 is 0 Å². The zero-order valence-electron chi connectivity index (χ0n) is 11.9. The Labute approximate surface area is 119 Å². The van der Waals surface area contributed by atoms with Crippen molar-refractivity contribution in [2.75, 3.05) is 13.7 Å². The van der Waals surface area contributed by atoms with Gasteiger partial charge in [0.05, 0.1) is 6.61 Å². The molecule has 2 nitrogen and oxygen atoms in total. The number of benzene rings is 2. The van der Waals surface area contributed by atoms with E-state index in [4.69, 9.17) is 4.74 Å². The average molecular weight is 273 g/mol. The van der Waals surface area contributed by atoms with Gasteiger partial charge in [0.1, 0.15) is 11.6 Å². The molecule has 0 saturated carbocycles. The highest BCUT2D eigenvalue weighted by Gasteiger charge is 2.16. The van der Waals surface area contributed by atoms with Crippen LogP contribution in [-0.4, -0.2) is 13.7 Å². The predicted octanol–water partition coefficient (Wildman–Crippen LogP) is 3.73. The van der Waals surface area contributed by atoms with Crippen LogP contribution in [0.2, 0.25) is 0 Å². The van der Waals surface area contributed by atoms with E-state index >= 15 is 0 Å². The first kappa shape index (κ1) is 14.5. The van der Waals surface area contributed by atoms with E-state index in [0.29, 0.717) is 18.6 Å². The minimum absolute atomic E-state index is 0.0228. The Morgan fingerprint density at radius 2 is 1.80 bits per heavy atom. The second kappa shape index (κ2) is 7.06. The van der Waals surface area contributed by atoms with Crippen LogP contribution in [0, 0.1) is 5.82 Å². The molecule has 0 aromatic heterocycles. The van der Waals surface area contributed by atoms with Crippen LogP contribution in [0.1, 0.15) is 24.1 Å². The Morgan fingerprint density at radius 1 is 1.10 bits per heavy atom. The first-order valence-corrected chi connectivity index (χ1v) is 6.88. The quantitative estimate of drug-likeness (QED) is 0.866. The van der Waals surface area contributed by atoms with Gasteiger partial charge in [0.25, 0.3) is 0 Å². The molecule has 0 aliphatic heterocycles. The van der Waals surface area contributed by atoms with Crippen molar-refractivity contribution in [2.45, 2.75) is 19.4 Å². The van der Waals surface area contributed by atoms with Gasteiger partial charge in [-0.15, -0.1) is 0 Å². The molecule has 2 aromatic rings. The van der Waals surface area contributed by atoms with Gasteiger partial charge in [-0.25, -0.2) is 4.39 Å². The molecule has 1 N–H and O–H groups in total. The maximum Gasteiger partial charge on any atom is 0.126 e. The van der Waals surface area contributed by atoms with Crippen molar-refractivity contribution in [3.8, 4) is 5.75 Å². The monoisotopic (exact) mass is 273 g/mol. The molecule has 0 amide bonds. The Bertz CT molecular complexity index is 556. The van der Waals surface area contributed by atoms with E-state index in [1.165, 1.54) is 6.07 Å². The highest BCUT2D eigenvalue weighted by molar-refractivity contribution is 5.37. The maximum absolute atomic E-state index is 13.8. The third-order valence-electron chi connectivity index (χ3n) is 3.32. The van der Waals surface area contributed by atoms with E-state index in [0.717, 1.165) is 11.3 Å². The topological polar surface area (TPSA) is 21.3 Å². The molecule has 0 bridgehead atoms. The van der Waals surface area contributed by atoms with Gasteiger partial charge in [-0.1, -0.05) is 36.4 Å². The second-order valence-electron chi connectivity index (χ2n) is 4.61. The van der Waals surface area contributed by atoms with E-state index < -0.39 is 0 Å². The third-order valence-corrected chi connectivity index (χ3v) is 3.32. The van der Waals surface area contributed by atoms with E-state index in [1.807, 2.05) is 50.4 Å². The molecule has 2 rings (SSSR count). The lowest BCUT2D eigenvalue weighted by atomic mass is 9.98. The summed E-state index contributed by atoms with van der Waals surface area (Å²) in [4.78, 5) is 0. The van der Waals surface area contributed by atoms with Gasteiger partial charge in [-0.3, -0.25) is 0 Å². The molecule has 0 radical (unpaired) electrons. The summed E-state index contributed by atoms with van der Waals surface area (Å²) in [5.74, 6) is 0.687. The van der Waals surface area contributed by atoms with Gasteiger partial charge in [0.2, 0.25) is 0 Å². The fourth-order valence-corrected chi connectivity index (χ4v) is 2.31. The largest absolute Gasteiger partial charge is 0.494 e. The number of rotatable bonds is 6. The van der Waals surface area contributed by atoms with Gasteiger partial charge < -0.3 is 10.1 Å². The molecule has 0 spiro atoms. The van der Waals surface area contributed by atoms with Crippen LogP contribution in [0.25, 0.3) is 0 Å². The summed E-state index contributed by atoms with van der Waals surface area (Å²) >= 11 is 0. The number of nitrogens with one attached hydrogen (secondary N) is 1. The zero-order valence-corrected chi connectivity index (χ0v) is 11.9. The smallest absolute Gasteiger partial charge is 0.126 e. The lowest BCUT2D eigenvalue weighted by Gasteiger charge is -2.20. The number of likely N-dealkylation sites (N-methyl/N-ethyl adjacent to an activating group) is 1. The molecule has 0 heterocycles. The summed E-state index contributed by atoms with van der Waals surface area (Å²) in [6.07, 6.45) is 0.591. The summed E-state index contributed by atoms with van der Waals surface area (Å²) in [5, 5.41) is 3.25. The van der Waals surface area contributed by atoms with E-state index in [1.54, 1.807) is 6.07 Å². The van der Waals surface area contributed by atoms with Crippen molar-refractivity contribution in [2.24, 2.45) is 0 Å². The Balaban J connectivity index is 2.27. The lowest BCUT2D eigenvalue weighted by Crippen LogP contribution is -2.20. The highest BCUT2D eigenvalue weighted by Crippen LogP contribution is 2.28. The molecule has 0 fully saturated rings. The van der Waals surface area contributed by atoms with Crippen LogP contribution in [0.5, 0.6) is 5.75 Å². The van der Waals surface area contributed by atoms with Crippen LogP contribution in [0.4, 0.5) is 4.39 Å². The van der Waals surface area contributed by atoms with Crippen LogP contribution in [-0.2, 0) is 6.42 Å². The Morgan fingerprint density at radius 3 is 2.50 bits per heavy atom. The molecule has 3 heteroatoms. The summed E-state index contributed by atoms with van der Waals surface area (Å²) in [7, 11) is 1.88. The first-order chi connectivity index (χ1) is 9.76. The maximum atomic E-state index is 13.8. The van der Waals surface area contributed by atoms with Crippen molar-refractivity contribution in [3.05, 3.63) is 65.5 Å². The molecule has 106 valence electrons. The fourth-order valence-electron chi connectivity index (χ4n) is 2.31. The van der Waals surface area contributed by atoms with Crippen molar-refractivity contribution < 1.29 is 9.13 Å². The molecule has 0 aliphatic carbocycles. The molecular weight excluding hydrogens is 253 g/mol. The fraction of sp³-hybridized carbons (Fsp3) is 0.294. The van der Waals surface area contributed by atoms with Crippen molar-refractivity contribution >= 4 is 0 Å². The van der Waals surface area contributed by atoms with Crippen LogP contribution < -0.4 is 10.1 Å². The molecule has 20 heavy (non-hydrogen) atoms. The second-order valence-corrected chi connectivity index (χ2v) is 4.61. The van der Waals surface area contributed by atoms with Gasteiger partial charge >= 0.3 is 0 Å². The first-order valence-electron chi connectivity index (χ1n) is 6.88. The molecule has 1 atom stereocenters. The normalized spacial score (nSPS) is 12.2. The summed E-state index contributed by atoms with van der Waals surface area (Å²) in [6.45, 7) is 2.58. The minimum Gasteiger partial charge on any atom is -0.494 e. The van der Waals surface area contributed by atoms with Crippen molar-refractivity contribution in [3.63, 3.8) is 0 Å². The Hall–Kier alpha value is -1.87. The SMILES string of the molecule is CCOc1ccccc1C(Cc1ccccc1F)NC. The van der Waals surface area contributed by atoms with Gasteiger partial charge in [0.15, 0.2) is 0 Å². The number of ether oxygens (including phenoxy) is 1. The molecule has 1 unspecified atom stereocenters. The number of halogens is 1. The van der Waals surface area contributed by atoms with E-state index in [9.17, 15) is 4.39 Å². The van der Waals surface area contributed by atoms with E-state index in [-0.39, 0.29) is 11.9 Å². The van der Waals surface area contributed by atoms with Crippen LogP contribution in [0.3, 0.4) is 0 Å². The predicted molar refractivity (Wildman–Crippen MR) is 79.5 cm³/mol. The minimum atomic E-state index is -0.165. The number of hydrogen-bond acceptors (Lipinski definition) is 2. The highest BCUT2D eigenvalue weighted by atomic mass is 19.1. The van der Waals surface area contributed by atoms with Crippen molar-refractivity contribution in [1.29, 1.82) is 0 Å². The summed E-state index contributed by atoms with van der Waals surface area (Å²) in [5.41, 5.74) is 1.76. The molecule has 0 saturated heterocycles. The standard InChI is InChI=1S/C17H20FNO/c1-3-20-17-11-7-5-9-14(17)16(19-2)12-13-8-4-6-10-15(13)18/h4-11,16,19H,3,12H2,1-2H3. The lowest BCUT2D eigenvalue weighted by molar-refractivity contribution is 0.332. The molecule has 2 aromatic carbocycles. The van der Waals surface area contributed by atoms with E-state index in [2.05, 4.69) is 5.32 Å². The van der Waals surface area contributed by atoms with Crippen LogP contribution in [0.15, 0.2) is 48.5 Å². The van der Waals surface area contributed by atoms with Crippen molar-refractivity contribution in [1.82, 2.24) is 5.32 Å². The number of para-hydroxylation sites is 1.